The van der Waals surface area contributed by atoms with Gasteiger partial charge in [0, 0.05) is 17.8 Å². The third-order valence-corrected chi connectivity index (χ3v) is 4.23. The molecule has 0 aliphatic heterocycles. The molecule has 0 aromatic carbocycles. The fourth-order valence-electron chi connectivity index (χ4n) is 2.87. The Morgan fingerprint density at radius 3 is 2.35 bits per heavy atom. The number of rotatable bonds is 4. The second-order valence-corrected chi connectivity index (χ2v) is 5.84. The summed E-state index contributed by atoms with van der Waals surface area (Å²) < 4.78 is 0. The summed E-state index contributed by atoms with van der Waals surface area (Å²) in [6.45, 7) is 0. The normalized spacial score (nSPS) is 21.8. The van der Waals surface area contributed by atoms with Crippen LogP contribution in [0.25, 0.3) is 0 Å². The smallest absolute Gasteiger partial charge is 0.128 e. The van der Waals surface area contributed by atoms with Crippen molar-refractivity contribution >= 4 is 17.4 Å². The maximum atomic E-state index is 6.41. The number of hydrogen-bond acceptors (Lipinski definition) is 3. The van der Waals surface area contributed by atoms with E-state index in [1.54, 1.807) is 6.20 Å². The number of anilines is 1. The zero-order valence-corrected chi connectivity index (χ0v) is 10.5. The lowest BCUT2D eigenvalue weighted by molar-refractivity contribution is 0.335. The molecule has 3 nitrogen and oxygen atoms in total. The summed E-state index contributed by atoms with van der Waals surface area (Å²) in [4.78, 5) is 4.11. The first-order chi connectivity index (χ1) is 8.16. The third-order valence-electron chi connectivity index (χ3n) is 4.02. The Hall–Kier alpha value is -0.800. The summed E-state index contributed by atoms with van der Waals surface area (Å²) >= 11 is 5.98. The Morgan fingerprint density at radius 1 is 1.24 bits per heavy atom. The lowest BCUT2D eigenvalue weighted by Crippen LogP contribution is -2.26. The van der Waals surface area contributed by atoms with Crippen LogP contribution in [-0.2, 0) is 0 Å². The third kappa shape index (κ3) is 2.26. The molecule has 0 bridgehead atoms. The molecule has 0 radical (unpaired) electrons. The van der Waals surface area contributed by atoms with Gasteiger partial charge in [0.2, 0.25) is 0 Å². The van der Waals surface area contributed by atoms with Crippen LogP contribution in [0.5, 0.6) is 0 Å². The maximum absolute atomic E-state index is 6.41. The molecule has 0 amide bonds. The number of nitrogen functional groups attached to an aromatic ring is 1. The summed E-state index contributed by atoms with van der Waals surface area (Å²) in [5.41, 5.74) is 13.3. The van der Waals surface area contributed by atoms with Gasteiger partial charge in [0.1, 0.15) is 5.82 Å². The van der Waals surface area contributed by atoms with E-state index in [1.807, 2.05) is 6.07 Å². The number of aromatic nitrogens is 1. The van der Waals surface area contributed by atoms with E-state index in [0.29, 0.717) is 16.8 Å². The first kappa shape index (κ1) is 11.3. The van der Waals surface area contributed by atoms with Crippen molar-refractivity contribution in [1.29, 1.82) is 0 Å². The van der Waals surface area contributed by atoms with E-state index in [-0.39, 0.29) is 6.04 Å². The molecular formula is C13H18ClN3. The van der Waals surface area contributed by atoms with Crippen molar-refractivity contribution in [2.45, 2.75) is 31.7 Å². The van der Waals surface area contributed by atoms with Crippen LogP contribution in [0.3, 0.4) is 0 Å². The molecule has 2 saturated carbocycles. The zero-order chi connectivity index (χ0) is 12.0. The molecule has 1 aromatic heterocycles. The van der Waals surface area contributed by atoms with Gasteiger partial charge in [0.15, 0.2) is 0 Å². The Morgan fingerprint density at radius 2 is 1.82 bits per heavy atom. The number of halogens is 1. The highest BCUT2D eigenvalue weighted by molar-refractivity contribution is 6.30. The van der Waals surface area contributed by atoms with Gasteiger partial charge in [-0.05, 0) is 49.5 Å². The molecule has 3 rings (SSSR count). The van der Waals surface area contributed by atoms with E-state index in [9.17, 15) is 0 Å². The average Bonchev–Trinajstić information content (AvgIpc) is 3.13. The fourth-order valence-corrected chi connectivity index (χ4v) is 3.04. The number of pyridine rings is 1. The minimum Gasteiger partial charge on any atom is -0.383 e. The SMILES string of the molecule is Nc1ncc(Cl)cc1C(N)C(C1CC1)C1CC1. The van der Waals surface area contributed by atoms with Crippen molar-refractivity contribution in [3.05, 3.63) is 22.8 Å². The molecule has 4 heteroatoms. The van der Waals surface area contributed by atoms with Gasteiger partial charge in [-0.25, -0.2) is 4.98 Å². The number of hydrogen-bond donors (Lipinski definition) is 2. The summed E-state index contributed by atoms with van der Waals surface area (Å²) in [6, 6.07) is 1.88. The molecule has 17 heavy (non-hydrogen) atoms. The highest BCUT2D eigenvalue weighted by Gasteiger charge is 2.45. The van der Waals surface area contributed by atoms with Crippen molar-refractivity contribution in [1.82, 2.24) is 4.98 Å². The molecule has 1 aromatic rings. The molecule has 1 unspecified atom stereocenters. The predicted molar refractivity (Wildman–Crippen MR) is 69.5 cm³/mol. The predicted octanol–water partition coefficient (Wildman–Crippen LogP) is 2.75. The van der Waals surface area contributed by atoms with Crippen molar-refractivity contribution in [3.63, 3.8) is 0 Å². The minimum atomic E-state index is 0.00111. The lowest BCUT2D eigenvalue weighted by Gasteiger charge is -2.24. The van der Waals surface area contributed by atoms with Crippen LogP contribution in [0.4, 0.5) is 5.82 Å². The molecule has 2 aliphatic carbocycles. The average molecular weight is 252 g/mol. The highest BCUT2D eigenvalue weighted by atomic mass is 35.5. The topological polar surface area (TPSA) is 64.9 Å². The maximum Gasteiger partial charge on any atom is 0.128 e. The van der Waals surface area contributed by atoms with Gasteiger partial charge in [-0.1, -0.05) is 11.6 Å². The van der Waals surface area contributed by atoms with Gasteiger partial charge < -0.3 is 11.5 Å². The van der Waals surface area contributed by atoms with Crippen molar-refractivity contribution < 1.29 is 0 Å². The van der Waals surface area contributed by atoms with E-state index in [1.165, 1.54) is 25.7 Å². The van der Waals surface area contributed by atoms with Crippen LogP contribution in [0.2, 0.25) is 5.02 Å². The molecule has 4 N–H and O–H groups in total. The summed E-state index contributed by atoms with van der Waals surface area (Å²) in [5, 5.41) is 0.620. The first-order valence-electron chi connectivity index (χ1n) is 6.33. The molecule has 1 atom stereocenters. The second-order valence-electron chi connectivity index (χ2n) is 5.41. The lowest BCUT2D eigenvalue weighted by atomic mass is 9.86. The van der Waals surface area contributed by atoms with E-state index < -0.39 is 0 Å². The number of nitrogens with two attached hydrogens (primary N) is 2. The minimum absolute atomic E-state index is 0.00111. The standard InChI is InChI=1S/C13H18ClN3/c14-9-5-10(13(16)17-6-9)12(15)11(7-1-2-7)8-3-4-8/h5-8,11-12H,1-4,15H2,(H2,16,17). The molecule has 2 fully saturated rings. The highest BCUT2D eigenvalue weighted by Crippen LogP contribution is 2.53. The van der Waals surface area contributed by atoms with Gasteiger partial charge in [-0.2, -0.15) is 0 Å². The van der Waals surface area contributed by atoms with Crippen LogP contribution in [-0.4, -0.2) is 4.98 Å². The van der Waals surface area contributed by atoms with Gasteiger partial charge in [0.05, 0.1) is 5.02 Å². The Balaban J connectivity index is 1.88. The van der Waals surface area contributed by atoms with Crippen molar-refractivity contribution in [3.8, 4) is 0 Å². The Kier molecular flexibility index (Phi) is 2.75. The van der Waals surface area contributed by atoms with E-state index in [4.69, 9.17) is 23.1 Å². The molecule has 0 saturated heterocycles. The monoisotopic (exact) mass is 251 g/mol. The van der Waals surface area contributed by atoms with E-state index in [0.717, 1.165) is 17.4 Å². The van der Waals surface area contributed by atoms with Crippen LogP contribution < -0.4 is 11.5 Å². The molecule has 2 aliphatic rings. The largest absolute Gasteiger partial charge is 0.383 e. The van der Waals surface area contributed by atoms with Gasteiger partial charge in [-0.3, -0.25) is 0 Å². The molecular weight excluding hydrogens is 234 g/mol. The van der Waals surface area contributed by atoms with Gasteiger partial charge in [-0.15, -0.1) is 0 Å². The van der Waals surface area contributed by atoms with Crippen molar-refractivity contribution in [2.75, 3.05) is 5.73 Å². The van der Waals surface area contributed by atoms with Crippen LogP contribution in [0, 0.1) is 17.8 Å². The number of nitrogens with zero attached hydrogens (tertiary/aromatic N) is 1. The fraction of sp³-hybridized carbons (Fsp3) is 0.615. The van der Waals surface area contributed by atoms with Crippen LogP contribution in [0.15, 0.2) is 12.3 Å². The van der Waals surface area contributed by atoms with E-state index >= 15 is 0 Å². The molecule has 0 spiro atoms. The van der Waals surface area contributed by atoms with E-state index in [2.05, 4.69) is 4.98 Å². The van der Waals surface area contributed by atoms with Crippen LogP contribution >= 0.6 is 11.6 Å². The van der Waals surface area contributed by atoms with Crippen LogP contribution in [0.1, 0.15) is 37.3 Å². The quantitative estimate of drug-likeness (QED) is 0.865. The van der Waals surface area contributed by atoms with Crippen molar-refractivity contribution in [2.24, 2.45) is 23.5 Å². The van der Waals surface area contributed by atoms with Gasteiger partial charge >= 0.3 is 0 Å². The molecule has 92 valence electrons. The second kappa shape index (κ2) is 4.14. The summed E-state index contributed by atoms with van der Waals surface area (Å²) in [7, 11) is 0. The van der Waals surface area contributed by atoms with Gasteiger partial charge in [0.25, 0.3) is 0 Å². The zero-order valence-electron chi connectivity index (χ0n) is 9.77. The Bertz CT molecular complexity index is 415. The molecule has 1 heterocycles. The Labute approximate surface area is 107 Å². The summed E-state index contributed by atoms with van der Waals surface area (Å²) in [6.07, 6.45) is 6.87. The summed E-state index contributed by atoms with van der Waals surface area (Å²) in [5.74, 6) is 2.72. The first-order valence-corrected chi connectivity index (χ1v) is 6.71.